The van der Waals surface area contributed by atoms with Crippen molar-refractivity contribution in [2.45, 2.75) is 0 Å². The maximum Gasteiger partial charge on any atom is 0.319 e. The van der Waals surface area contributed by atoms with E-state index in [1.54, 1.807) is 0 Å². The molecule has 0 bridgehead atoms. The summed E-state index contributed by atoms with van der Waals surface area (Å²) in [6.07, 6.45) is 0. The molecule has 0 aliphatic carbocycles. The summed E-state index contributed by atoms with van der Waals surface area (Å²) in [7, 11) is 0. The van der Waals surface area contributed by atoms with E-state index in [0.717, 1.165) is 6.07 Å². The molecule has 1 heterocycles. The summed E-state index contributed by atoms with van der Waals surface area (Å²) in [6, 6.07) is 0.806. The van der Waals surface area contributed by atoms with Crippen molar-refractivity contribution >= 4 is 17.5 Å². The second-order valence-corrected chi connectivity index (χ2v) is 2.21. The minimum absolute atomic E-state index is 0.103. The first-order valence-corrected chi connectivity index (χ1v) is 3.10. The number of nitrogen functional groups attached to an aromatic ring is 1. The first-order chi connectivity index (χ1) is 5.52. The molecule has 0 radical (unpaired) electrons. The van der Waals surface area contributed by atoms with Gasteiger partial charge in [-0.1, -0.05) is 11.6 Å². The fourth-order valence-corrected chi connectivity index (χ4v) is 0.809. The summed E-state index contributed by atoms with van der Waals surface area (Å²) in [5.41, 5.74) is 4.13. The third kappa shape index (κ3) is 1.35. The molecular formula is C4H3ClN4O3. The number of rotatable bonds is 1. The van der Waals surface area contributed by atoms with Crippen molar-refractivity contribution in [2.24, 2.45) is 0 Å². The monoisotopic (exact) mass is 190 g/mol. The highest BCUT2D eigenvalue weighted by Gasteiger charge is 2.12. The summed E-state index contributed by atoms with van der Waals surface area (Å²) >= 11 is 5.30. The second kappa shape index (κ2) is 2.78. The van der Waals surface area contributed by atoms with Gasteiger partial charge in [-0.15, -0.1) is 0 Å². The average molecular weight is 191 g/mol. The molecule has 0 spiro atoms. The topological polar surface area (TPSA) is 104 Å². The van der Waals surface area contributed by atoms with E-state index in [2.05, 4.69) is 4.98 Å². The zero-order chi connectivity index (χ0) is 9.30. The first-order valence-electron chi connectivity index (χ1n) is 2.72. The van der Waals surface area contributed by atoms with Crippen LogP contribution in [0, 0.1) is 10.1 Å². The molecule has 7 nitrogen and oxygen atoms in total. The lowest BCUT2D eigenvalue weighted by atomic mass is 10.6. The number of aromatic nitrogens is 2. The second-order valence-electron chi connectivity index (χ2n) is 1.82. The molecule has 0 atom stereocenters. The summed E-state index contributed by atoms with van der Waals surface area (Å²) < 4.78 is 0.103. The molecule has 0 amide bonds. The van der Waals surface area contributed by atoms with Crippen LogP contribution < -0.4 is 11.3 Å². The van der Waals surface area contributed by atoms with Gasteiger partial charge in [-0.25, -0.2) is 10.1 Å². The highest BCUT2D eigenvalue weighted by molar-refractivity contribution is 6.29. The Morgan fingerprint density at radius 2 is 2.33 bits per heavy atom. The summed E-state index contributed by atoms with van der Waals surface area (Å²) in [5.74, 6) is -0.544. The molecule has 0 saturated heterocycles. The highest BCUT2D eigenvalue weighted by Crippen LogP contribution is 2.02. The van der Waals surface area contributed by atoms with Gasteiger partial charge in [-0.2, -0.15) is 4.98 Å². The largest absolute Gasteiger partial charge is 0.364 e. The van der Waals surface area contributed by atoms with Crippen LogP contribution in [0.1, 0.15) is 0 Å². The number of anilines is 1. The Morgan fingerprint density at radius 3 is 2.75 bits per heavy atom. The molecule has 8 heteroatoms. The van der Waals surface area contributed by atoms with E-state index in [1.807, 2.05) is 0 Å². The number of nitrogens with zero attached hydrogens (tertiary/aromatic N) is 3. The Bertz CT molecular complexity index is 386. The zero-order valence-electron chi connectivity index (χ0n) is 5.60. The van der Waals surface area contributed by atoms with Gasteiger partial charge in [0.1, 0.15) is 5.15 Å². The van der Waals surface area contributed by atoms with Crippen molar-refractivity contribution < 1.29 is 5.03 Å². The van der Waals surface area contributed by atoms with Gasteiger partial charge in [0.15, 0.2) is 5.03 Å². The van der Waals surface area contributed by atoms with Gasteiger partial charge in [0, 0.05) is 10.7 Å². The Hall–Kier alpha value is -1.63. The molecule has 0 aliphatic heterocycles. The van der Waals surface area contributed by atoms with E-state index in [-0.39, 0.29) is 9.83 Å². The van der Waals surface area contributed by atoms with Gasteiger partial charge in [-0.05, 0) is 0 Å². The van der Waals surface area contributed by atoms with Crippen LogP contribution in [0.4, 0.5) is 5.95 Å². The Balaban J connectivity index is 3.49. The van der Waals surface area contributed by atoms with Crippen LogP contribution in [0.25, 0.3) is 0 Å². The molecule has 0 saturated carbocycles. The number of hydrogen-bond donors (Lipinski definition) is 1. The molecule has 12 heavy (non-hydrogen) atoms. The Morgan fingerprint density at radius 1 is 1.75 bits per heavy atom. The smallest absolute Gasteiger partial charge is 0.319 e. The van der Waals surface area contributed by atoms with Crippen molar-refractivity contribution in [1.29, 1.82) is 0 Å². The lowest BCUT2D eigenvalue weighted by Gasteiger charge is -1.96. The van der Waals surface area contributed by atoms with Gasteiger partial charge in [-0.3, -0.25) is 4.79 Å². The van der Waals surface area contributed by atoms with Crippen LogP contribution in [0.3, 0.4) is 0 Å². The summed E-state index contributed by atoms with van der Waals surface area (Å²) in [5, 5.41) is 9.02. The zero-order valence-corrected chi connectivity index (χ0v) is 6.35. The molecule has 2 N–H and O–H groups in total. The van der Waals surface area contributed by atoms with E-state index in [0.29, 0.717) is 0 Å². The molecule has 1 aromatic rings. The predicted molar refractivity (Wildman–Crippen MR) is 40.3 cm³/mol. The Kier molecular flexibility index (Phi) is 1.96. The van der Waals surface area contributed by atoms with E-state index < -0.39 is 16.5 Å². The SMILES string of the molecule is Nc1nc(Cl)cc(=O)n1[N+](=O)[O-]. The van der Waals surface area contributed by atoms with Gasteiger partial charge in [0.2, 0.25) is 0 Å². The third-order valence-corrected chi connectivity index (χ3v) is 1.25. The van der Waals surface area contributed by atoms with Gasteiger partial charge >= 0.3 is 5.56 Å². The van der Waals surface area contributed by atoms with Crippen LogP contribution in [0.15, 0.2) is 10.9 Å². The quantitative estimate of drug-likeness (QED) is 0.366. The van der Waals surface area contributed by atoms with Crippen molar-refractivity contribution in [3.8, 4) is 0 Å². The lowest BCUT2D eigenvalue weighted by molar-refractivity contribution is -0.543. The number of nitrogens with two attached hydrogens (primary N) is 1. The standard InChI is InChI=1S/C4H3ClN4O3/c5-2-1-3(10)8(9(11)12)4(6)7-2/h1H,(H2,6,7). The van der Waals surface area contributed by atoms with Crippen LogP contribution in [-0.2, 0) is 0 Å². The lowest BCUT2D eigenvalue weighted by Crippen LogP contribution is -2.29. The van der Waals surface area contributed by atoms with E-state index >= 15 is 0 Å². The van der Waals surface area contributed by atoms with Gasteiger partial charge < -0.3 is 5.73 Å². The minimum Gasteiger partial charge on any atom is -0.364 e. The summed E-state index contributed by atoms with van der Waals surface area (Å²) in [6.45, 7) is 0. The van der Waals surface area contributed by atoms with Crippen LogP contribution in [0.5, 0.6) is 0 Å². The molecular weight excluding hydrogens is 188 g/mol. The molecule has 1 rings (SSSR count). The molecule has 0 aromatic carbocycles. The first kappa shape index (κ1) is 8.47. The maximum atomic E-state index is 10.8. The Labute approximate surface area is 70.5 Å². The molecule has 0 aliphatic rings. The summed E-state index contributed by atoms with van der Waals surface area (Å²) in [4.78, 5) is 24.3. The predicted octanol–water partition coefficient (Wildman–Crippen LogP) is -0.481. The fraction of sp³-hybridized carbons (Fsp3) is 0. The minimum atomic E-state index is -0.971. The van der Waals surface area contributed by atoms with Crippen LogP contribution in [-0.4, -0.2) is 14.7 Å². The van der Waals surface area contributed by atoms with Gasteiger partial charge in [0.25, 0.3) is 5.95 Å². The normalized spacial score (nSPS) is 9.75. The van der Waals surface area contributed by atoms with E-state index in [1.165, 1.54) is 0 Å². The molecule has 0 unspecified atom stereocenters. The third-order valence-electron chi connectivity index (χ3n) is 1.05. The van der Waals surface area contributed by atoms with Crippen molar-refractivity contribution in [1.82, 2.24) is 9.66 Å². The fourth-order valence-electron chi connectivity index (χ4n) is 0.629. The number of halogens is 1. The van der Waals surface area contributed by atoms with Crippen molar-refractivity contribution in [3.05, 3.63) is 31.7 Å². The average Bonchev–Trinajstić information content (AvgIpc) is 1.82. The van der Waals surface area contributed by atoms with Crippen molar-refractivity contribution in [2.75, 3.05) is 5.73 Å². The van der Waals surface area contributed by atoms with Crippen LogP contribution >= 0.6 is 11.6 Å². The number of hydrogen-bond acceptors (Lipinski definition) is 5. The highest BCUT2D eigenvalue weighted by atomic mass is 35.5. The maximum absolute atomic E-state index is 10.8. The van der Waals surface area contributed by atoms with E-state index in [9.17, 15) is 14.9 Å². The van der Waals surface area contributed by atoms with E-state index in [4.69, 9.17) is 17.3 Å². The van der Waals surface area contributed by atoms with Crippen LogP contribution in [0.2, 0.25) is 5.15 Å². The van der Waals surface area contributed by atoms with Gasteiger partial charge in [0.05, 0.1) is 0 Å². The molecule has 0 fully saturated rings. The molecule has 1 aromatic heterocycles. The number of nitro groups is 1. The van der Waals surface area contributed by atoms with Crippen molar-refractivity contribution in [3.63, 3.8) is 0 Å². The molecule has 64 valence electrons.